The summed E-state index contributed by atoms with van der Waals surface area (Å²) < 4.78 is 16.6. The molecule has 0 saturated carbocycles. The number of hydrogen-bond acceptors (Lipinski definition) is 7. The summed E-state index contributed by atoms with van der Waals surface area (Å²) in [5.74, 6) is -0.661. The van der Waals surface area contributed by atoms with Gasteiger partial charge in [-0.1, -0.05) is 96.0 Å². The van der Waals surface area contributed by atoms with Gasteiger partial charge >= 0.3 is 11.9 Å². The summed E-state index contributed by atoms with van der Waals surface area (Å²) in [4.78, 5) is 47.0. The van der Waals surface area contributed by atoms with Crippen LogP contribution in [0.1, 0.15) is 79.0 Å². The van der Waals surface area contributed by atoms with Crippen molar-refractivity contribution in [3.05, 3.63) is 176 Å². The monoisotopic (exact) mass is 856 g/mol. The fraction of sp³-hybridized carbons (Fsp3) is 0.184. The van der Waals surface area contributed by atoms with Crippen molar-refractivity contribution in [2.45, 2.75) is 52.0 Å². The molecule has 12 heteroatoms. The number of esters is 1. The van der Waals surface area contributed by atoms with Crippen LogP contribution < -0.4 is 20.1 Å². The first kappa shape index (κ1) is 42.5. The van der Waals surface area contributed by atoms with Gasteiger partial charge in [-0.25, -0.2) is 0 Å². The molecule has 2 unspecified atom stereocenters. The van der Waals surface area contributed by atoms with Gasteiger partial charge in [0, 0.05) is 21.2 Å². The number of methoxy groups -OCH3 is 1. The third-order valence-corrected chi connectivity index (χ3v) is 11.5. The first-order chi connectivity index (χ1) is 29.4. The Morgan fingerprint density at radius 2 is 1.03 bits per heavy atom. The summed E-state index contributed by atoms with van der Waals surface area (Å²) in [6.07, 6.45) is -0.0419. The summed E-state index contributed by atoms with van der Waals surface area (Å²) in [6.45, 7) is 4.70. The van der Waals surface area contributed by atoms with Gasteiger partial charge in [0.15, 0.2) is 0 Å². The first-order valence-corrected chi connectivity index (χ1v) is 20.3. The Morgan fingerprint density at radius 3 is 1.48 bits per heavy atom. The van der Waals surface area contributed by atoms with Gasteiger partial charge in [-0.05, 0) is 118 Å². The highest BCUT2D eigenvalue weighted by Crippen LogP contribution is 2.34. The summed E-state index contributed by atoms with van der Waals surface area (Å²) in [5.41, 5.74) is 10.8. The van der Waals surface area contributed by atoms with Crippen molar-refractivity contribution >= 4 is 47.0 Å². The lowest BCUT2D eigenvalue weighted by molar-refractivity contribution is -0.141. The molecule has 2 amide bonds. The van der Waals surface area contributed by atoms with E-state index in [0.717, 1.165) is 60.1 Å². The first-order valence-electron chi connectivity index (χ1n) is 19.5. The zero-order chi connectivity index (χ0) is 43.2. The summed E-state index contributed by atoms with van der Waals surface area (Å²) in [5, 5.41) is 16.0. The van der Waals surface area contributed by atoms with Gasteiger partial charge in [0.1, 0.15) is 24.7 Å². The predicted octanol–water partition coefficient (Wildman–Crippen LogP) is 10.4. The van der Waals surface area contributed by atoms with E-state index in [0.29, 0.717) is 41.4 Å². The molecular formula is C49H42Cl2N2O8. The van der Waals surface area contributed by atoms with E-state index in [9.17, 15) is 19.2 Å². The number of amides is 2. The van der Waals surface area contributed by atoms with Crippen LogP contribution in [0.25, 0.3) is 22.3 Å². The van der Waals surface area contributed by atoms with Gasteiger partial charge < -0.3 is 30.0 Å². The molecule has 0 radical (unpaired) electrons. The van der Waals surface area contributed by atoms with E-state index in [-0.39, 0.29) is 36.7 Å². The molecule has 0 bridgehead atoms. The Balaban J connectivity index is 0.000000184. The zero-order valence-corrected chi connectivity index (χ0v) is 35.1. The number of carbonyl (C=O) groups is 4. The number of rotatable bonds is 12. The normalized spacial score (nSPS) is 14.8. The summed E-state index contributed by atoms with van der Waals surface area (Å²) in [6, 6.07) is 37.5. The number of halogens is 2. The van der Waals surface area contributed by atoms with Crippen LogP contribution >= 0.6 is 23.2 Å². The standard InChI is InChI=1S/C25H22ClNO4.C24H20ClNO4/c1-15-19(7-4-8-22(15)26)17-6-3-5-16(11-17)14-31-18-9-10-20-21(12-18)25(29)27-23(20)13-24(28)30-2;1-14-18(6-3-7-21(14)25)16-5-2-4-15(10-16)13-30-17-8-9-19-20(11-17)24(29)26-22(19)12-23(27)28/h3-12,23H,13-14H2,1-2H3,(H,27,29);2-11,22H,12-13H2,1H3,(H,26,29)(H,27,28). The molecule has 2 aliphatic heterocycles. The molecule has 310 valence electrons. The molecule has 2 aliphatic rings. The maximum Gasteiger partial charge on any atom is 0.307 e. The molecule has 0 saturated heterocycles. The van der Waals surface area contributed by atoms with Crippen LogP contribution in [0.4, 0.5) is 0 Å². The molecule has 0 spiro atoms. The Hall–Kier alpha value is -6.62. The third kappa shape index (κ3) is 9.89. The minimum atomic E-state index is -0.955. The number of carbonyl (C=O) groups excluding carboxylic acids is 3. The molecule has 61 heavy (non-hydrogen) atoms. The number of hydrogen-bond donors (Lipinski definition) is 3. The SMILES string of the molecule is COC(=O)CC1NC(=O)c2cc(OCc3cccc(-c4cccc(Cl)c4C)c3)ccc21.Cc1c(Cl)cccc1-c1cccc(COc2ccc3c(c2)C(=O)NC3CC(=O)O)c1. The Kier molecular flexibility index (Phi) is 13.1. The maximum absolute atomic E-state index is 12.3. The van der Waals surface area contributed by atoms with E-state index in [2.05, 4.69) is 22.8 Å². The van der Waals surface area contributed by atoms with Gasteiger partial charge in [-0.2, -0.15) is 0 Å². The number of fused-ring (bicyclic) bond motifs is 2. The highest BCUT2D eigenvalue weighted by atomic mass is 35.5. The lowest BCUT2D eigenvalue weighted by Gasteiger charge is -2.12. The number of benzene rings is 6. The minimum Gasteiger partial charge on any atom is -0.489 e. The maximum atomic E-state index is 12.3. The van der Waals surface area contributed by atoms with Gasteiger partial charge in [0.2, 0.25) is 0 Å². The molecule has 6 aromatic rings. The average Bonchev–Trinajstić information content (AvgIpc) is 3.74. The highest BCUT2D eigenvalue weighted by Gasteiger charge is 2.32. The smallest absolute Gasteiger partial charge is 0.307 e. The van der Waals surface area contributed by atoms with Gasteiger partial charge in [0.05, 0.1) is 32.0 Å². The van der Waals surface area contributed by atoms with Gasteiger partial charge in [-0.3, -0.25) is 19.2 Å². The number of carboxylic acid groups (broad SMARTS) is 1. The zero-order valence-electron chi connectivity index (χ0n) is 33.6. The molecule has 8 rings (SSSR count). The number of nitrogens with one attached hydrogen (secondary N) is 2. The van der Waals surface area contributed by atoms with Crippen LogP contribution in [0, 0.1) is 13.8 Å². The van der Waals surface area contributed by atoms with Crippen molar-refractivity contribution < 1.29 is 38.5 Å². The van der Waals surface area contributed by atoms with Crippen molar-refractivity contribution in [2.24, 2.45) is 0 Å². The lowest BCUT2D eigenvalue weighted by atomic mass is 9.99. The van der Waals surface area contributed by atoms with E-state index in [4.69, 9.17) is 42.5 Å². The molecule has 2 heterocycles. The minimum absolute atomic E-state index is 0.102. The topological polar surface area (TPSA) is 140 Å². The molecule has 0 fully saturated rings. The average molecular weight is 858 g/mol. The predicted molar refractivity (Wildman–Crippen MR) is 234 cm³/mol. The van der Waals surface area contributed by atoms with Crippen molar-refractivity contribution in [3.8, 4) is 33.8 Å². The third-order valence-electron chi connectivity index (χ3n) is 10.7. The van der Waals surface area contributed by atoms with Crippen molar-refractivity contribution in [2.75, 3.05) is 7.11 Å². The van der Waals surface area contributed by atoms with E-state index in [1.807, 2.05) is 98.8 Å². The van der Waals surface area contributed by atoms with Crippen LogP contribution in [-0.4, -0.2) is 36.0 Å². The van der Waals surface area contributed by atoms with Crippen molar-refractivity contribution in [1.82, 2.24) is 10.6 Å². The summed E-state index contributed by atoms with van der Waals surface area (Å²) >= 11 is 12.5. The van der Waals surface area contributed by atoms with Crippen LogP contribution in [0.15, 0.2) is 121 Å². The van der Waals surface area contributed by atoms with E-state index in [1.165, 1.54) is 7.11 Å². The van der Waals surface area contributed by atoms with Gasteiger partial charge in [-0.15, -0.1) is 0 Å². The largest absolute Gasteiger partial charge is 0.489 e. The molecule has 2 atom stereocenters. The van der Waals surface area contributed by atoms with Crippen LogP contribution in [0.3, 0.4) is 0 Å². The summed E-state index contributed by atoms with van der Waals surface area (Å²) in [7, 11) is 1.33. The molecular weight excluding hydrogens is 815 g/mol. The van der Waals surface area contributed by atoms with Crippen molar-refractivity contribution in [3.63, 3.8) is 0 Å². The van der Waals surface area contributed by atoms with Crippen LogP contribution in [0.5, 0.6) is 11.5 Å². The van der Waals surface area contributed by atoms with E-state index in [1.54, 1.807) is 24.3 Å². The molecule has 3 N–H and O–H groups in total. The number of carboxylic acids is 1. The van der Waals surface area contributed by atoms with Crippen LogP contribution in [-0.2, 0) is 27.5 Å². The second kappa shape index (κ2) is 18.8. The second-order valence-electron chi connectivity index (χ2n) is 14.7. The van der Waals surface area contributed by atoms with Gasteiger partial charge in [0.25, 0.3) is 11.8 Å². The Labute approximate surface area is 363 Å². The van der Waals surface area contributed by atoms with Crippen LogP contribution in [0.2, 0.25) is 10.0 Å². The molecule has 0 aliphatic carbocycles. The fourth-order valence-corrected chi connectivity index (χ4v) is 7.81. The lowest BCUT2D eigenvalue weighted by Crippen LogP contribution is -2.21. The number of aliphatic carboxylic acids is 1. The molecule has 0 aromatic heterocycles. The fourth-order valence-electron chi connectivity index (χ4n) is 7.46. The molecule has 10 nitrogen and oxygen atoms in total. The van der Waals surface area contributed by atoms with E-state index < -0.39 is 12.0 Å². The highest BCUT2D eigenvalue weighted by molar-refractivity contribution is 6.32. The second-order valence-corrected chi connectivity index (χ2v) is 15.5. The molecule has 6 aromatic carbocycles. The number of ether oxygens (including phenoxy) is 3. The van der Waals surface area contributed by atoms with Crippen molar-refractivity contribution in [1.29, 1.82) is 0 Å². The quantitative estimate of drug-likeness (QED) is 0.103. The van der Waals surface area contributed by atoms with E-state index >= 15 is 0 Å². The Morgan fingerprint density at radius 1 is 0.590 bits per heavy atom. The Bertz CT molecular complexity index is 2660.